The molecule has 1 aliphatic carbocycles. The summed E-state index contributed by atoms with van der Waals surface area (Å²) >= 11 is 0. The van der Waals surface area contributed by atoms with Crippen LogP contribution in [0.5, 0.6) is 0 Å². The maximum absolute atomic E-state index is 12.7. The number of hydrogen-bond donors (Lipinski definition) is 1. The van der Waals surface area contributed by atoms with Crippen molar-refractivity contribution >= 4 is 17.6 Å². The summed E-state index contributed by atoms with van der Waals surface area (Å²) in [4.78, 5) is 23.4. The van der Waals surface area contributed by atoms with Crippen LogP contribution in [0.2, 0.25) is 0 Å². The van der Waals surface area contributed by atoms with Crippen molar-refractivity contribution in [2.24, 2.45) is 11.8 Å². The van der Waals surface area contributed by atoms with Gasteiger partial charge in [0.1, 0.15) is 5.82 Å². The molecule has 4 nitrogen and oxygen atoms in total. The lowest BCUT2D eigenvalue weighted by Gasteiger charge is -2.13. The average molecular weight is 265 g/mol. The second-order valence-corrected chi connectivity index (χ2v) is 4.89. The van der Waals surface area contributed by atoms with Crippen molar-refractivity contribution in [2.45, 2.75) is 26.4 Å². The number of carbonyl (C=O) groups is 2. The molecule has 2 rings (SSSR count). The number of rotatable bonds is 4. The van der Waals surface area contributed by atoms with E-state index in [4.69, 9.17) is 4.74 Å². The maximum Gasteiger partial charge on any atom is 0.309 e. The summed E-state index contributed by atoms with van der Waals surface area (Å²) in [5, 5.41) is 2.56. The van der Waals surface area contributed by atoms with Gasteiger partial charge in [-0.25, -0.2) is 4.39 Å². The first-order valence-electron chi connectivity index (χ1n) is 6.24. The highest BCUT2D eigenvalue weighted by Gasteiger charge is 2.41. The fourth-order valence-corrected chi connectivity index (χ4v) is 1.74. The van der Waals surface area contributed by atoms with Gasteiger partial charge in [-0.3, -0.25) is 9.59 Å². The number of hydrogen-bond acceptors (Lipinski definition) is 3. The third-order valence-corrected chi connectivity index (χ3v) is 3.19. The molecule has 0 spiro atoms. The van der Waals surface area contributed by atoms with Crippen molar-refractivity contribution < 1.29 is 18.7 Å². The van der Waals surface area contributed by atoms with E-state index in [2.05, 4.69) is 5.32 Å². The highest BCUT2D eigenvalue weighted by Crippen LogP contribution is 2.38. The van der Waals surface area contributed by atoms with Crippen LogP contribution in [0.25, 0.3) is 0 Å². The molecule has 1 aromatic carbocycles. The molecule has 0 saturated heterocycles. The predicted octanol–water partition coefficient (Wildman–Crippen LogP) is 2.35. The zero-order valence-corrected chi connectivity index (χ0v) is 10.9. The lowest BCUT2D eigenvalue weighted by atomic mass is 10.3. The second kappa shape index (κ2) is 5.38. The number of carbonyl (C=O) groups excluding carboxylic acids is 2. The maximum atomic E-state index is 12.7. The van der Waals surface area contributed by atoms with Gasteiger partial charge in [0.15, 0.2) is 6.10 Å². The molecule has 5 heteroatoms. The molecular weight excluding hydrogens is 249 g/mol. The van der Waals surface area contributed by atoms with E-state index in [9.17, 15) is 14.0 Å². The second-order valence-electron chi connectivity index (χ2n) is 4.89. The summed E-state index contributed by atoms with van der Waals surface area (Å²) in [5.74, 6) is -0.844. The van der Waals surface area contributed by atoms with E-state index in [0.29, 0.717) is 11.6 Å². The third kappa shape index (κ3) is 3.53. The molecule has 19 heavy (non-hydrogen) atoms. The van der Waals surface area contributed by atoms with Gasteiger partial charge in [-0.1, -0.05) is 6.92 Å². The zero-order valence-electron chi connectivity index (χ0n) is 10.9. The van der Waals surface area contributed by atoms with Crippen LogP contribution in [0.4, 0.5) is 10.1 Å². The first-order valence-corrected chi connectivity index (χ1v) is 6.24. The van der Waals surface area contributed by atoms with Crippen molar-refractivity contribution in [3.63, 3.8) is 0 Å². The Morgan fingerprint density at radius 1 is 1.37 bits per heavy atom. The average Bonchev–Trinajstić information content (AvgIpc) is 3.09. The Morgan fingerprint density at radius 3 is 2.47 bits per heavy atom. The molecule has 0 aromatic heterocycles. The molecule has 102 valence electrons. The Labute approximate surface area is 110 Å². The van der Waals surface area contributed by atoms with Crippen molar-refractivity contribution in [1.29, 1.82) is 0 Å². The Morgan fingerprint density at radius 2 is 1.95 bits per heavy atom. The van der Waals surface area contributed by atoms with Crippen LogP contribution >= 0.6 is 0 Å². The fourth-order valence-electron chi connectivity index (χ4n) is 1.74. The van der Waals surface area contributed by atoms with Gasteiger partial charge in [-0.2, -0.15) is 0 Å². The van der Waals surface area contributed by atoms with E-state index >= 15 is 0 Å². The standard InChI is InChI=1S/C14H16FNO3/c1-8-7-12(8)14(18)19-9(2)13(17)16-11-5-3-10(15)4-6-11/h3-6,8-9,12H,7H2,1-2H3,(H,16,17)/t8-,9-,12-/m0/s1. The molecule has 1 fully saturated rings. The molecule has 0 aliphatic heterocycles. The predicted molar refractivity (Wildman–Crippen MR) is 67.9 cm³/mol. The Balaban J connectivity index is 1.85. The fraction of sp³-hybridized carbons (Fsp3) is 0.429. The van der Waals surface area contributed by atoms with Crippen LogP contribution in [0, 0.1) is 17.7 Å². The molecule has 0 radical (unpaired) electrons. The van der Waals surface area contributed by atoms with Gasteiger partial charge >= 0.3 is 5.97 Å². The SMILES string of the molecule is C[C@H](OC(=O)[C@H]1C[C@@H]1C)C(=O)Nc1ccc(F)cc1. The first kappa shape index (κ1) is 13.5. The minimum atomic E-state index is -0.856. The van der Waals surface area contributed by atoms with Crippen LogP contribution in [-0.4, -0.2) is 18.0 Å². The van der Waals surface area contributed by atoms with Crippen molar-refractivity contribution in [3.05, 3.63) is 30.1 Å². The molecular formula is C14H16FNO3. The molecule has 1 saturated carbocycles. The summed E-state index contributed by atoms with van der Waals surface area (Å²) in [6, 6.07) is 5.39. The molecule has 1 amide bonds. The van der Waals surface area contributed by atoms with Gasteiger partial charge < -0.3 is 10.1 Å². The zero-order chi connectivity index (χ0) is 14.0. The number of ether oxygens (including phenoxy) is 1. The summed E-state index contributed by atoms with van der Waals surface area (Å²) < 4.78 is 17.8. The van der Waals surface area contributed by atoms with Crippen LogP contribution in [-0.2, 0) is 14.3 Å². The van der Waals surface area contributed by atoms with Gasteiger partial charge in [0.25, 0.3) is 5.91 Å². The number of halogens is 1. The Kier molecular flexibility index (Phi) is 3.83. The van der Waals surface area contributed by atoms with Gasteiger partial charge in [0.05, 0.1) is 5.92 Å². The minimum absolute atomic E-state index is 0.0685. The van der Waals surface area contributed by atoms with E-state index in [1.807, 2.05) is 6.92 Å². The van der Waals surface area contributed by atoms with Crippen molar-refractivity contribution in [1.82, 2.24) is 0 Å². The van der Waals surface area contributed by atoms with Crippen LogP contribution in [0.1, 0.15) is 20.3 Å². The molecule has 1 N–H and O–H groups in total. The lowest BCUT2D eigenvalue weighted by molar-refractivity contribution is -0.154. The summed E-state index contributed by atoms with van der Waals surface area (Å²) in [6.45, 7) is 3.49. The van der Waals surface area contributed by atoms with E-state index in [1.165, 1.54) is 31.2 Å². The first-order chi connectivity index (χ1) is 8.97. The highest BCUT2D eigenvalue weighted by molar-refractivity contribution is 5.95. The minimum Gasteiger partial charge on any atom is -0.452 e. The van der Waals surface area contributed by atoms with E-state index in [0.717, 1.165) is 6.42 Å². The van der Waals surface area contributed by atoms with E-state index < -0.39 is 12.0 Å². The topological polar surface area (TPSA) is 55.4 Å². The van der Waals surface area contributed by atoms with Crippen molar-refractivity contribution in [2.75, 3.05) is 5.32 Å². The largest absolute Gasteiger partial charge is 0.452 e. The molecule has 1 aromatic rings. The van der Waals surface area contributed by atoms with Crippen LogP contribution < -0.4 is 5.32 Å². The van der Waals surface area contributed by atoms with Crippen LogP contribution in [0.3, 0.4) is 0 Å². The number of amides is 1. The number of esters is 1. The van der Waals surface area contributed by atoms with E-state index in [-0.39, 0.29) is 17.7 Å². The third-order valence-electron chi connectivity index (χ3n) is 3.19. The number of nitrogens with one attached hydrogen (secondary N) is 1. The lowest BCUT2D eigenvalue weighted by Crippen LogP contribution is -2.30. The Bertz CT molecular complexity index is 486. The molecule has 3 atom stereocenters. The smallest absolute Gasteiger partial charge is 0.309 e. The molecule has 0 heterocycles. The summed E-state index contributed by atoms with van der Waals surface area (Å²) in [7, 11) is 0. The number of anilines is 1. The molecule has 1 aliphatic rings. The highest BCUT2D eigenvalue weighted by atomic mass is 19.1. The summed E-state index contributed by atoms with van der Waals surface area (Å²) in [5.41, 5.74) is 0.467. The van der Waals surface area contributed by atoms with Gasteiger partial charge in [-0.05, 0) is 43.5 Å². The van der Waals surface area contributed by atoms with Gasteiger partial charge in [0.2, 0.25) is 0 Å². The van der Waals surface area contributed by atoms with Gasteiger partial charge in [-0.15, -0.1) is 0 Å². The molecule has 0 bridgehead atoms. The normalized spacial score (nSPS) is 22.5. The molecule has 0 unspecified atom stereocenters. The van der Waals surface area contributed by atoms with E-state index in [1.54, 1.807) is 0 Å². The van der Waals surface area contributed by atoms with Gasteiger partial charge in [0, 0.05) is 5.69 Å². The Hall–Kier alpha value is -1.91. The monoisotopic (exact) mass is 265 g/mol. The van der Waals surface area contributed by atoms with Crippen molar-refractivity contribution in [3.8, 4) is 0 Å². The number of benzene rings is 1. The summed E-state index contributed by atoms with van der Waals surface area (Å²) in [6.07, 6.45) is -0.0316. The van der Waals surface area contributed by atoms with Crippen LogP contribution in [0.15, 0.2) is 24.3 Å². The quantitative estimate of drug-likeness (QED) is 0.850.